The van der Waals surface area contributed by atoms with Crippen LogP contribution in [0.4, 0.5) is 0 Å². The van der Waals surface area contributed by atoms with Crippen molar-refractivity contribution in [2.45, 2.75) is 98.3 Å². The molecule has 28 heavy (non-hydrogen) atoms. The van der Waals surface area contributed by atoms with Crippen LogP contribution in [0.1, 0.15) is 98.3 Å². The summed E-state index contributed by atoms with van der Waals surface area (Å²) in [6.07, 6.45) is 21.2. The van der Waals surface area contributed by atoms with Crippen molar-refractivity contribution >= 4 is 5.78 Å². The van der Waals surface area contributed by atoms with Crippen LogP contribution >= 0.6 is 0 Å². The second-order valence-electron chi connectivity index (χ2n) is 9.70. The van der Waals surface area contributed by atoms with E-state index >= 15 is 0 Å². The Bertz CT molecular complexity index is 500. The van der Waals surface area contributed by atoms with Crippen molar-refractivity contribution in [2.75, 3.05) is 0 Å². The minimum atomic E-state index is -0.00827. The number of carbonyl (C=O) groups excluding carboxylic acids is 1. The highest BCUT2D eigenvalue weighted by molar-refractivity contribution is 5.89. The smallest absolute Gasteiger partial charge is 0.155 e. The van der Waals surface area contributed by atoms with Crippen molar-refractivity contribution in [3.8, 4) is 0 Å². The maximum Gasteiger partial charge on any atom is 0.155 e. The fourth-order valence-electron chi connectivity index (χ4n) is 5.10. The number of carbonyl (C=O) groups is 1. The van der Waals surface area contributed by atoms with Gasteiger partial charge in [-0.1, -0.05) is 78.2 Å². The first-order valence-corrected chi connectivity index (χ1v) is 11.8. The molecular weight excluding hydrogens is 340 g/mol. The molecule has 4 atom stereocenters. The summed E-state index contributed by atoms with van der Waals surface area (Å²) in [4.78, 5) is 12.4. The molecule has 0 N–H and O–H groups in total. The maximum absolute atomic E-state index is 12.4. The van der Waals surface area contributed by atoms with Gasteiger partial charge in [-0.3, -0.25) is 4.79 Å². The summed E-state index contributed by atoms with van der Waals surface area (Å²) in [7, 11) is 0. The Morgan fingerprint density at radius 1 is 1.14 bits per heavy atom. The molecule has 160 valence electrons. The third kappa shape index (κ3) is 8.50. The van der Waals surface area contributed by atoms with Crippen LogP contribution in [-0.4, -0.2) is 5.78 Å². The van der Waals surface area contributed by atoms with E-state index in [9.17, 15) is 4.79 Å². The number of rotatable bonds is 14. The van der Waals surface area contributed by atoms with E-state index < -0.39 is 0 Å². The van der Waals surface area contributed by atoms with Gasteiger partial charge in [0.05, 0.1) is 0 Å². The Labute approximate surface area is 175 Å². The summed E-state index contributed by atoms with van der Waals surface area (Å²) >= 11 is 0. The van der Waals surface area contributed by atoms with Gasteiger partial charge in [-0.15, -0.1) is 6.58 Å². The molecule has 0 heterocycles. The summed E-state index contributed by atoms with van der Waals surface area (Å²) < 4.78 is 0. The molecule has 1 aliphatic rings. The Morgan fingerprint density at radius 3 is 2.46 bits per heavy atom. The van der Waals surface area contributed by atoms with E-state index in [2.05, 4.69) is 53.0 Å². The van der Waals surface area contributed by atoms with E-state index in [1.807, 2.05) is 6.08 Å². The van der Waals surface area contributed by atoms with Crippen LogP contribution in [0, 0.1) is 29.1 Å². The summed E-state index contributed by atoms with van der Waals surface area (Å²) in [6.45, 7) is 17.0. The van der Waals surface area contributed by atoms with Gasteiger partial charge in [0.15, 0.2) is 5.78 Å². The summed E-state index contributed by atoms with van der Waals surface area (Å²) in [6, 6.07) is 0. The summed E-state index contributed by atoms with van der Waals surface area (Å²) in [5.74, 6) is 3.18. The number of unbranched alkanes of at least 4 members (excludes halogenated alkanes) is 3. The number of hydrogen-bond acceptors (Lipinski definition) is 1. The average molecular weight is 387 g/mol. The van der Waals surface area contributed by atoms with E-state index in [-0.39, 0.29) is 11.2 Å². The molecule has 0 saturated heterocycles. The second kappa shape index (κ2) is 13.2. The van der Waals surface area contributed by atoms with Crippen LogP contribution in [0.25, 0.3) is 0 Å². The van der Waals surface area contributed by atoms with Crippen molar-refractivity contribution in [3.63, 3.8) is 0 Å². The molecule has 0 aliphatic heterocycles. The highest BCUT2D eigenvalue weighted by atomic mass is 16.1. The van der Waals surface area contributed by atoms with E-state index in [0.29, 0.717) is 12.3 Å². The lowest BCUT2D eigenvalue weighted by molar-refractivity contribution is -0.116. The average Bonchev–Trinajstić information content (AvgIpc) is 2.66. The molecule has 0 unspecified atom stereocenters. The second-order valence-corrected chi connectivity index (χ2v) is 9.70. The molecule has 1 nitrogen and oxygen atoms in total. The van der Waals surface area contributed by atoms with Crippen LogP contribution in [0.3, 0.4) is 0 Å². The molecule has 1 aliphatic carbocycles. The minimum absolute atomic E-state index is 0.00827. The third-order valence-corrected chi connectivity index (χ3v) is 6.89. The van der Waals surface area contributed by atoms with Gasteiger partial charge >= 0.3 is 0 Å². The van der Waals surface area contributed by atoms with Gasteiger partial charge in [-0.2, -0.15) is 0 Å². The predicted molar refractivity (Wildman–Crippen MR) is 124 cm³/mol. The van der Waals surface area contributed by atoms with Crippen LogP contribution in [0.5, 0.6) is 0 Å². The van der Waals surface area contributed by atoms with Crippen LogP contribution in [0.2, 0.25) is 0 Å². The normalized spacial score (nSPS) is 25.0. The number of hydrogen-bond donors (Lipinski definition) is 0. The molecule has 0 spiro atoms. The Kier molecular flexibility index (Phi) is 11.7. The Balaban J connectivity index is 3.08. The van der Waals surface area contributed by atoms with Gasteiger partial charge in [0.2, 0.25) is 0 Å². The first kappa shape index (κ1) is 24.9. The van der Waals surface area contributed by atoms with Crippen molar-refractivity contribution in [2.24, 2.45) is 29.1 Å². The quantitative estimate of drug-likeness (QED) is 0.167. The van der Waals surface area contributed by atoms with E-state index in [1.54, 1.807) is 0 Å². The lowest BCUT2D eigenvalue weighted by Gasteiger charge is -2.37. The summed E-state index contributed by atoms with van der Waals surface area (Å²) in [5.41, 5.74) is -0.00827. The predicted octanol–water partition coefficient (Wildman–Crippen LogP) is 8.32. The van der Waals surface area contributed by atoms with Crippen molar-refractivity contribution in [1.82, 2.24) is 0 Å². The van der Waals surface area contributed by atoms with Gasteiger partial charge in [0.1, 0.15) is 0 Å². The molecule has 1 heteroatoms. The molecular formula is C27H46O. The molecule has 0 bridgehead atoms. The van der Waals surface area contributed by atoms with Gasteiger partial charge in [-0.25, -0.2) is 0 Å². The lowest BCUT2D eigenvalue weighted by Crippen LogP contribution is -2.28. The highest BCUT2D eigenvalue weighted by Crippen LogP contribution is 2.42. The zero-order chi connectivity index (χ0) is 21.0. The highest BCUT2D eigenvalue weighted by Gasteiger charge is 2.32. The van der Waals surface area contributed by atoms with Crippen molar-refractivity contribution < 1.29 is 4.79 Å². The van der Waals surface area contributed by atoms with Crippen LogP contribution < -0.4 is 0 Å². The van der Waals surface area contributed by atoms with Gasteiger partial charge < -0.3 is 0 Å². The fraction of sp³-hybridized carbons (Fsp3) is 0.741. The number of ketones is 1. The third-order valence-electron chi connectivity index (χ3n) is 6.89. The van der Waals surface area contributed by atoms with Gasteiger partial charge in [-0.05, 0) is 73.7 Å². The number of allylic oxidation sites excluding steroid dienone is 4. The molecule has 0 amide bonds. The Morgan fingerprint density at radius 2 is 1.86 bits per heavy atom. The van der Waals surface area contributed by atoms with E-state index in [4.69, 9.17) is 0 Å². The first-order chi connectivity index (χ1) is 13.4. The molecule has 0 aromatic heterocycles. The van der Waals surface area contributed by atoms with Gasteiger partial charge in [0, 0.05) is 6.42 Å². The van der Waals surface area contributed by atoms with Crippen molar-refractivity contribution in [1.29, 1.82) is 0 Å². The SMILES string of the molecule is C=CCCC[C@](/C=C/[C@@H]1C[C@H](C)CC[C@H]1C(C)C)(CCCCC)CC(=O)C=C. The van der Waals surface area contributed by atoms with Crippen LogP contribution in [0.15, 0.2) is 37.5 Å². The van der Waals surface area contributed by atoms with E-state index in [0.717, 1.165) is 43.4 Å². The monoisotopic (exact) mass is 386 g/mol. The van der Waals surface area contributed by atoms with Gasteiger partial charge in [0.25, 0.3) is 0 Å². The molecule has 0 aromatic carbocycles. The standard InChI is InChI=1S/C27H46O/c1-7-10-12-17-27(18-13-11-8-2,21-25(28)9-3)19-16-24-20-23(6)14-15-26(24)22(4)5/h7,9,16,19,22-24,26H,1,3,8,10-15,17-18,20-21H2,2,4-6H3/b19-16+/t23-,24-,26+,27-/m1/s1. The lowest BCUT2D eigenvalue weighted by atomic mass is 9.68. The largest absolute Gasteiger partial charge is 0.295 e. The van der Waals surface area contributed by atoms with E-state index in [1.165, 1.54) is 44.6 Å². The Hall–Kier alpha value is -1.11. The molecule has 1 fully saturated rings. The van der Waals surface area contributed by atoms with Crippen molar-refractivity contribution in [3.05, 3.63) is 37.5 Å². The molecule has 0 aromatic rings. The zero-order valence-corrected chi connectivity index (χ0v) is 19.2. The molecule has 1 saturated carbocycles. The topological polar surface area (TPSA) is 17.1 Å². The van der Waals surface area contributed by atoms with Crippen LogP contribution in [-0.2, 0) is 4.79 Å². The minimum Gasteiger partial charge on any atom is -0.295 e. The fourth-order valence-corrected chi connectivity index (χ4v) is 5.10. The summed E-state index contributed by atoms with van der Waals surface area (Å²) in [5, 5.41) is 0. The first-order valence-electron chi connectivity index (χ1n) is 11.8. The molecule has 0 radical (unpaired) electrons. The maximum atomic E-state index is 12.4. The molecule has 1 rings (SSSR count). The zero-order valence-electron chi connectivity index (χ0n) is 19.2.